The fourth-order valence-electron chi connectivity index (χ4n) is 2.05. The van der Waals surface area contributed by atoms with E-state index in [0.29, 0.717) is 0 Å². The summed E-state index contributed by atoms with van der Waals surface area (Å²) >= 11 is 0. The number of amides is 1. The van der Waals surface area contributed by atoms with Crippen LogP contribution >= 0.6 is 0 Å². The monoisotopic (exact) mass is 349 g/mol. The van der Waals surface area contributed by atoms with Crippen molar-refractivity contribution in [3.05, 3.63) is 58.3 Å². The minimum atomic E-state index is -1.66. The number of benzene rings is 1. The fraction of sp³-hybridized carbons (Fsp3) is 0.250. The van der Waals surface area contributed by atoms with Gasteiger partial charge in [0.25, 0.3) is 11.5 Å². The number of rotatable bonds is 6. The molecule has 1 unspecified atom stereocenters. The van der Waals surface area contributed by atoms with Crippen LogP contribution in [0.25, 0.3) is 5.69 Å². The molecule has 8 nitrogen and oxygen atoms in total. The zero-order chi connectivity index (χ0) is 18.6. The number of nitrogens with one attached hydrogen (secondary N) is 1. The summed E-state index contributed by atoms with van der Waals surface area (Å²) in [4.78, 5) is 35.6. The summed E-state index contributed by atoms with van der Waals surface area (Å²) in [5, 5.41) is 15.5. The van der Waals surface area contributed by atoms with Gasteiger partial charge in [-0.3, -0.25) is 9.59 Å². The van der Waals surface area contributed by atoms with Crippen molar-refractivity contribution >= 4 is 11.9 Å². The van der Waals surface area contributed by atoms with Crippen molar-refractivity contribution in [1.82, 2.24) is 15.1 Å². The Balaban J connectivity index is 2.35. The van der Waals surface area contributed by atoms with Crippen LogP contribution in [0.3, 0.4) is 0 Å². The Kier molecular flexibility index (Phi) is 5.28. The molecule has 1 aromatic heterocycles. The number of methoxy groups -OCH3 is 1. The van der Waals surface area contributed by atoms with Crippen LogP contribution in [0.1, 0.15) is 17.4 Å². The van der Waals surface area contributed by atoms with E-state index in [-0.39, 0.29) is 18.0 Å². The van der Waals surface area contributed by atoms with Crippen LogP contribution in [-0.2, 0) is 9.53 Å². The maximum atomic E-state index is 13.0. The predicted molar refractivity (Wildman–Crippen MR) is 85.2 cm³/mol. The maximum Gasteiger partial charge on any atom is 0.331 e. The SMILES string of the molecule is COCC(C)(NC(=O)c1ccc(=O)n(-c2ccc(F)cc2)n1)C(=O)O. The molecular weight excluding hydrogens is 333 g/mol. The second-order valence-corrected chi connectivity index (χ2v) is 5.47. The van der Waals surface area contributed by atoms with Gasteiger partial charge in [0.05, 0.1) is 12.3 Å². The van der Waals surface area contributed by atoms with Crippen molar-refractivity contribution in [1.29, 1.82) is 0 Å². The predicted octanol–water partition coefficient (Wildman–Crippen LogP) is 0.591. The first-order valence-corrected chi connectivity index (χ1v) is 7.18. The molecule has 0 aliphatic rings. The molecule has 0 aliphatic heterocycles. The van der Waals surface area contributed by atoms with Crippen LogP contribution in [0.2, 0.25) is 0 Å². The first-order chi connectivity index (χ1) is 11.8. The Bertz CT molecular complexity index is 850. The van der Waals surface area contributed by atoms with E-state index in [2.05, 4.69) is 10.4 Å². The van der Waals surface area contributed by atoms with E-state index in [9.17, 15) is 23.9 Å². The average molecular weight is 349 g/mol. The van der Waals surface area contributed by atoms with Crippen LogP contribution in [-0.4, -0.2) is 46.0 Å². The standard InChI is InChI=1S/C16H16FN3O5/c1-16(9-25-2,15(23)24)18-14(22)12-7-8-13(21)20(19-12)11-5-3-10(17)4-6-11/h3-8H,9H2,1-2H3,(H,18,22)(H,23,24). The number of nitrogens with zero attached hydrogens (tertiary/aromatic N) is 2. The Hall–Kier alpha value is -3.07. The van der Waals surface area contributed by atoms with Gasteiger partial charge in [-0.15, -0.1) is 0 Å². The second kappa shape index (κ2) is 7.22. The van der Waals surface area contributed by atoms with E-state index >= 15 is 0 Å². The van der Waals surface area contributed by atoms with Crippen molar-refractivity contribution in [3.63, 3.8) is 0 Å². The quantitative estimate of drug-likeness (QED) is 0.790. The zero-order valence-corrected chi connectivity index (χ0v) is 13.5. The van der Waals surface area contributed by atoms with Gasteiger partial charge in [-0.25, -0.2) is 9.18 Å². The number of carbonyl (C=O) groups is 2. The first kappa shape index (κ1) is 18.3. The van der Waals surface area contributed by atoms with Crippen molar-refractivity contribution in [2.75, 3.05) is 13.7 Å². The summed E-state index contributed by atoms with van der Waals surface area (Å²) in [6.45, 7) is 1.03. The number of carbonyl (C=O) groups excluding carboxylic acids is 1. The molecule has 0 saturated carbocycles. The summed E-state index contributed by atoms with van der Waals surface area (Å²) in [6.07, 6.45) is 0. The molecule has 25 heavy (non-hydrogen) atoms. The number of aromatic nitrogens is 2. The molecule has 2 rings (SSSR count). The summed E-state index contributed by atoms with van der Waals surface area (Å²) in [7, 11) is 1.31. The fourth-order valence-corrected chi connectivity index (χ4v) is 2.05. The van der Waals surface area contributed by atoms with Crippen molar-refractivity contribution < 1.29 is 23.8 Å². The van der Waals surface area contributed by atoms with E-state index in [1.54, 1.807) is 0 Å². The number of aliphatic carboxylic acids is 1. The molecule has 9 heteroatoms. The number of carboxylic acid groups (broad SMARTS) is 1. The number of carboxylic acids is 1. The highest BCUT2D eigenvalue weighted by Gasteiger charge is 2.35. The van der Waals surface area contributed by atoms with E-state index in [0.717, 1.165) is 22.9 Å². The van der Waals surface area contributed by atoms with E-state index < -0.39 is 28.8 Å². The molecule has 0 aliphatic carbocycles. The summed E-state index contributed by atoms with van der Waals surface area (Å²) in [5.74, 6) is -2.56. The minimum Gasteiger partial charge on any atom is -0.479 e. The third kappa shape index (κ3) is 4.07. The van der Waals surface area contributed by atoms with E-state index in [4.69, 9.17) is 4.74 Å². The van der Waals surface area contributed by atoms with Crippen molar-refractivity contribution in [3.8, 4) is 5.69 Å². The highest BCUT2D eigenvalue weighted by atomic mass is 19.1. The molecule has 2 N–H and O–H groups in total. The number of ether oxygens (including phenoxy) is 1. The molecular formula is C16H16FN3O5. The van der Waals surface area contributed by atoms with Gasteiger partial charge in [-0.1, -0.05) is 0 Å². The molecule has 0 radical (unpaired) electrons. The van der Waals surface area contributed by atoms with Gasteiger partial charge in [0, 0.05) is 13.2 Å². The third-order valence-corrected chi connectivity index (χ3v) is 3.40. The largest absolute Gasteiger partial charge is 0.479 e. The van der Waals surface area contributed by atoms with Crippen LogP contribution < -0.4 is 10.9 Å². The summed E-state index contributed by atoms with van der Waals surface area (Å²) in [6, 6.07) is 7.24. The molecule has 0 bridgehead atoms. The molecule has 1 aromatic carbocycles. The van der Waals surface area contributed by atoms with Crippen molar-refractivity contribution in [2.24, 2.45) is 0 Å². The first-order valence-electron chi connectivity index (χ1n) is 7.18. The number of halogens is 1. The lowest BCUT2D eigenvalue weighted by atomic mass is 10.0. The van der Waals surface area contributed by atoms with E-state index in [1.165, 1.54) is 32.2 Å². The number of hydrogen-bond donors (Lipinski definition) is 2. The molecule has 1 amide bonds. The third-order valence-electron chi connectivity index (χ3n) is 3.40. The highest BCUT2D eigenvalue weighted by Crippen LogP contribution is 2.08. The van der Waals surface area contributed by atoms with Gasteiger partial charge in [-0.2, -0.15) is 9.78 Å². The van der Waals surface area contributed by atoms with Gasteiger partial charge in [0.15, 0.2) is 5.54 Å². The maximum absolute atomic E-state index is 13.0. The molecule has 0 saturated heterocycles. The Morgan fingerprint density at radius 3 is 2.48 bits per heavy atom. The van der Waals surface area contributed by atoms with Crippen LogP contribution in [0, 0.1) is 5.82 Å². The highest BCUT2D eigenvalue weighted by molar-refractivity contribution is 5.96. The van der Waals surface area contributed by atoms with Gasteiger partial charge in [0.1, 0.15) is 11.5 Å². The zero-order valence-electron chi connectivity index (χ0n) is 13.5. The molecule has 132 valence electrons. The average Bonchev–Trinajstić information content (AvgIpc) is 2.56. The Morgan fingerprint density at radius 1 is 1.28 bits per heavy atom. The van der Waals surface area contributed by atoms with Gasteiger partial charge >= 0.3 is 5.97 Å². The molecule has 0 fully saturated rings. The van der Waals surface area contributed by atoms with Gasteiger partial charge in [-0.05, 0) is 37.3 Å². The molecule has 2 aromatic rings. The summed E-state index contributed by atoms with van der Waals surface area (Å²) < 4.78 is 18.7. The lowest BCUT2D eigenvalue weighted by Crippen LogP contribution is -2.55. The number of hydrogen-bond acceptors (Lipinski definition) is 5. The molecule has 0 spiro atoms. The van der Waals surface area contributed by atoms with Crippen LogP contribution in [0.4, 0.5) is 4.39 Å². The van der Waals surface area contributed by atoms with Crippen LogP contribution in [0.15, 0.2) is 41.2 Å². The topological polar surface area (TPSA) is 111 Å². The lowest BCUT2D eigenvalue weighted by molar-refractivity contribution is -0.145. The Morgan fingerprint density at radius 2 is 1.92 bits per heavy atom. The molecule has 1 heterocycles. The second-order valence-electron chi connectivity index (χ2n) is 5.47. The van der Waals surface area contributed by atoms with Gasteiger partial charge < -0.3 is 15.2 Å². The van der Waals surface area contributed by atoms with Crippen LogP contribution in [0.5, 0.6) is 0 Å². The Labute approximate surface area is 141 Å². The smallest absolute Gasteiger partial charge is 0.331 e. The lowest BCUT2D eigenvalue weighted by Gasteiger charge is -2.25. The van der Waals surface area contributed by atoms with E-state index in [1.807, 2.05) is 0 Å². The van der Waals surface area contributed by atoms with Crippen molar-refractivity contribution in [2.45, 2.75) is 12.5 Å². The summed E-state index contributed by atoms with van der Waals surface area (Å²) in [5.41, 5.74) is -2.10. The van der Waals surface area contributed by atoms with Gasteiger partial charge in [0.2, 0.25) is 0 Å². The minimum absolute atomic E-state index is 0.174. The normalized spacial score (nSPS) is 13.1. The molecule has 1 atom stereocenters.